The highest BCUT2D eigenvalue weighted by atomic mass is 79.9. The first kappa shape index (κ1) is 16.0. The minimum absolute atomic E-state index is 0.0745. The first-order chi connectivity index (χ1) is 10.6. The monoisotopic (exact) mass is 365 g/mol. The van der Waals surface area contributed by atoms with E-state index in [1.54, 1.807) is 12.1 Å². The van der Waals surface area contributed by atoms with Gasteiger partial charge in [-0.15, -0.1) is 0 Å². The Morgan fingerprint density at radius 1 is 1.14 bits per heavy atom. The molecule has 0 aromatic heterocycles. The van der Waals surface area contributed by atoms with E-state index in [9.17, 15) is 14.9 Å². The molecule has 2 aromatic rings. The van der Waals surface area contributed by atoms with Crippen LogP contribution in [0.4, 0.5) is 5.69 Å². The number of esters is 1. The Hall–Kier alpha value is -2.41. The van der Waals surface area contributed by atoms with E-state index in [-0.39, 0.29) is 24.5 Å². The Labute approximate surface area is 134 Å². The van der Waals surface area contributed by atoms with E-state index >= 15 is 0 Å². The van der Waals surface area contributed by atoms with Gasteiger partial charge < -0.3 is 9.47 Å². The van der Waals surface area contributed by atoms with Gasteiger partial charge in [-0.2, -0.15) is 0 Å². The van der Waals surface area contributed by atoms with Gasteiger partial charge in [0.25, 0.3) is 5.69 Å². The number of halogens is 1. The van der Waals surface area contributed by atoms with Crippen LogP contribution in [0.3, 0.4) is 0 Å². The lowest BCUT2D eigenvalue weighted by Crippen LogP contribution is -2.12. The van der Waals surface area contributed by atoms with Crippen molar-refractivity contribution >= 4 is 27.6 Å². The number of rotatable bonds is 6. The highest BCUT2D eigenvalue weighted by molar-refractivity contribution is 9.10. The predicted molar refractivity (Wildman–Crippen MR) is 83.0 cm³/mol. The standard InChI is InChI=1S/C15H12BrNO5/c16-12-2-1-3-14(10-12)21-8-9-22-15(18)11-4-6-13(7-5-11)17(19)20/h1-7,10H,8-9H2. The van der Waals surface area contributed by atoms with Crippen LogP contribution in [0.15, 0.2) is 53.0 Å². The van der Waals surface area contributed by atoms with Gasteiger partial charge in [0, 0.05) is 16.6 Å². The van der Waals surface area contributed by atoms with Gasteiger partial charge in [0.05, 0.1) is 10.5 Å². The minimum atomic E-state index is -0.548. The Morgan fingerprint density at radius 2 is 1.86 bits per heavy atom. The quantitative estimate of drug-likeness (QED) is 0.338. The number of nitrogens with zero attached hydrogens (tertiary/aromatic N) is 1. The molecule has 0 unspecified atom stereocenters. The maximum atomic E-state index is 11.7. The number of hydrogen-bond donors (Lipinski definition) is 0. The van der Waals surface area contributed by atoms with Crippen molar-refractivity contribution < 1.29 is 19.2 Å². The Kier molecular flexibility index (Phi) is 5.48. The van der Waals surface area contributed by atoms with Crippen LogP contribution < -0.4 is 4.74 Å². The number of nitro benzene ring substituents is 1. The average molecular weight is 366 g/mol. The summed E-state index contributed by atoms with van der Waals surface area (Å²) in [5.41, 5.74) is 0.183. The molecule has 2 rings (SSSR count). The van der Waals surface area contributed by atoms with Gasteiger partial charge in [-0.05, 0) is 30.3 Å². The van der Waals surface area contributed by atoms with Gasteiger partial charge in [0.1, 0.15) is 19.0 Å². The molecule has 0 aliphatic carbocycles. The van der Waals surface area contributed by atoms with Gasteiger partial charge in [-0.3, -0.25) is 10.1 Å². The molecule has 22 heavy (non-hydrogen) atoms. The lowest BCUT2D eigenvalue weighted by molar-refractivity contribution is -0.384. The summed E-state index contributed by atoms with van der Waals surface area (Å²) in [6.45, 7) is 0.303. The third-order valence-corrected chi connectivity index (χ3v) is 3.19. The van der Waals surface area contributed by atoms with Gasteiger partial charge in [0.15, 0.2) is 0 Å². The number of ether oxygens (including phenoxy) is 2. The number of benzene rings is 2. The van der Waals surface area contributed by atoms with E-state index in [2.05, 4.69) is 15.9 Å². The van der Waals surface area contributed by atoms with Crippen LogP contribution in [0.25, 0.3) is 0 Å². The summed E-state index contributed by atoms with van der Waals surface area (Å²) < 4.78 is 11.4. The molecule has 2 aromatic carbocycles. The average Bonchev–Trinajstić information content (AvgIpc) is 2.51. The molecule has 0 saturated heterocycles. The molecule has 0 radical (unpaired) electrons. The molecule has 0 aliphatic rings. The van der Waals surface area contributed by atoms with E-state index in [0.29, 0.717) is 5.75 Å². The molecule has 0 aliphatic heterocycles. The first-order valence-electron chi connectivity index (χ1n) is 6.36. The molecule has 0 atom stereocenters. The molecular formula is C15H12BrNO5. The van der Waals surface area contributed by atoms with E-state index in [1.807, 2.05) is 12.1 Å². The molecule has 0 amide bonds. The first-order valence-corrected chi connectivity index (χ1v) is 7.15. The molecule has 0 bridgehead atoms. The van der Waals surface area contributed by atoms with E-state index in [0.717, 1.165) is 4.47 Å². The van der Waals surface area contributed by atoms with E-state index < -0.39 is 10.9 Å². The Bertz CT molecular complexity index is 672. The van der Waals surface area contributed by atoms with Crippen molar-refractivity contribution in [2.45, 2.75) is 0 Å². The van der Waals surface area contributed by atoms with Crippen LogP contribution in [0.5, 0.6) is 5.75 Å². The zero-order valence-electron chi connectivity index (χ0n) is 11.4. The third-order valence-electron chi connectivity index (χ3n) is 2.70. The van der Waals surface area contributed by atoms with Crippen molar-refractivity contribution in [3.8, 4) is 5.75 Å². The fourth-order valence-electron chi connectivity index (χ4n) is 1.65. The summed E-state index contributed by atoms with van der Waals surface area (Å²) in [5.74, 6) is 0.119. The third kappa shape index (κ3) is 4.56. The largest absolute Gasteiger partial charge is 0.490 e. The SMILES string of the molecule is O=C(OCCOc1cccc(Br)c1)c1ccc([N+](=O)[O-])cc1. The summed E-state index contributed by atoms with van der Waals surface area (Å²) >= 11 is 3.33. The second kappa shape index (κ2) is 7.56. The fraction of sp³-hybridized carbons (Fsp3) is 0.133. The maximum absolute atomic E-state index is 11.7. The normalized spacial score (nSPS) is 10.0. The number of carbonyl (C=O) groups excluding carboxylic acids is 1. The second-order valence-electron chi connectivity index (χ2n) is 4.25. The maximum Gasteiger partial charge on any atom is 0.338 e. The zero-order chi connectivity index (χ0) is 15.9. The van der Waals surface area contributed by atoms with Crippen molar-refractivity contribution in [2.75, 3.05) is 13.2 Å². The van der Waals surface area contributed by atoms with Crippen LogP contribution >= 0.6 is 15.9 Å². The second-order valence-corrected chi connectivity index (χ2v) is 5.16. The van der Waals surface area contributed by atoms with Crippen molar-refractivity contribution in [1.29, 1.82) is 0 Å². The van der Waals surface area contributed by atoms with Gasteiger partial charge >= 0.3 is 5.97 Å². The van der Waals surface area contributed by atoms with Crippen LogP contribution in [-0.2, 0) is 4.74 Å². The van der Waals surface area contributed by atoms with Crippen molar-refractivity contribution in [1.82, 2.24) is 0 Å². The van der Waals surface area contributed by atoms with Crippen LogP contribution in [0.2, 0.25) is 0 Å². The predicted octanol–water partition coefficient (Wildman–Crippen LogP) is 3.59. The summed E-state index contributed by atoms with van der Waals surface area (Å²) in [5, 5.41) is 10.5. The van der Waals surface area contributed by atoms with Crippen LogP contribution in [-0.4, -0.2) is 24.1 Å². The summed E-state index contributed by atoms with van der Waals surface area (Å²) in [4.78, 5) is 21.7. The van der Waals surface area contributed by atoms with Crippen LogP contribution in [0.1, 0.15) is 10.4 Å². The number of nitro groups is 1. The smallest absolute Gasteiger partial charge is 0.338 e. The van der Waals surface area contributed by atoms with Crippen molar-refractivity contribution in [2.24, 2.45) is 0 Å². The van der Waals surface area contributed by atoms with Crippen molar-refractivity contribution in [3.05, 3.63) is 68.7 Å². The van der Waals surface area contributed by atoms with Crippen LogP contribution in [0, 0.1) is 10.1 Å². The fourth-order valence-corrected chi connectivity index (χ4v) is 2.03. The van der Waals surface area contributed by atoms with Gasteiger partial charge in [0.2, 0.25) is 0 Å². The molecule has 0 spiro atoms. The summed E-state index contributed by atoms with van der Waals surface area (Å²) in [6, 6.07) is 12.5. The number of non-ortho nitro benzene ring substituents is 1. The summed E-state index contributed by atoms with van der Waals surface area (Å²) in [7, 11) is 0. The molecule has 6 nitrogen and oxygen atoms in total. The molecule has 0 fully saturated rings. The van der Waals surface area contributed by atoms with Crippen molar-refractivity contribution in [3.63, 3.8) is 0 Å². The number of carbonyl (C=O) groups is 1. The topological polar surface area (TPSA) is 78.7 Å². The highest BCUT2D eigenvalue weighted by Crippen LogP contribution is 2.17. The lowest BCUT2D eigenvalue weighted by Gasteiger charge is -2.07. The Morgan fingerprint density at radius 3 is 2.50 bits per heavy atom. The molecular weight excluding hydrogens is 354 g/mol. The minimum Gasteiger partial charge on any atom is -0.490 e. The molecule has 114 valence electrons. The Balaban J connectivity index is 1.79. The summed E-state index contributed by atoms with van der Waals surface area (Å²) in [6.07, 6.45) is 0. The zero-order valence-corrected chi connectivity index (χ0v) is 13.0. The van der Waals surface area contributed by atoms with E-state index in [1.165, 1.54) is 24.3 Å². The molecule has 7 heteroatoms. The lowest BCUT2D eigenvalue weighted by atomic mass is 10.2. The molecule has 0 N–H and O–H groups in total. The van der Waals surface area contributed by atoms with Gasteiger partial charge in [-0.25, -0.2) is 4.79 Å². The number of hydrogen-bond acceptors (Lipinski definition) is 5. The molecule has 0 saturated carbocycles. The van der Waals surface area contributed by atoms with Gasteiger partial charge in [-0.1, -0.05) is 22.0 Å². The van der Waals surface area contributed by atoms with E-state index in [4.69, 9.17) is 9.47 Å². The molecule has 0 heterocycles. The highest BCUT2D eigenvalue weighted by Gasteiger charge is 2.10.